The van der Waals surface area contributed by atoms with Gasteiger partial charge in [0.1, 0.15) is 11.5 Å². The number of nitrogens with zero attached hydrogens (tertiary/aromatic N) is 2. The van der Waals surface area contributed by atoms with Crippen LogP contribution in [0.25, 0.3) is 0 Å². The SMILES string of the molecule is CCCN[C@@H]1[C@H]2Cc3ccc(OC)cc3[C@@]1(C)CCCN2C.CCCN[C@H]1[C@@H]2N(C)CC23CC1(C)c1cc(OC)ccc13.[HH].[HH]. The Hall–Kier alpha value is -2.12. The fourth-order valence-electron chi connectivity index (χ4n) is 10.1. The van der Waals surface area contributed by atoms with Gasteiger partial charge in [0.05, 0.1) is 14.2 Å². The van der Waals surface area contributed by atoms with E-state index in [1.165, 1.54) is 61.9 Å². The molecule has 1 spiro atoms. The summed E-state index contributed by atoms with van der Waals surface area (Å²) >= 11 is 0. The Labute approximate surface area is 263 Å². The monoisotopic (exact) mass is 592 g/mol. The van der Waals surface area contributed by atoms with Crippen LogP contribution >= 0.6 is 0 Å². The summed E-state index contributed by atoms with van der Waals surface area (Å²) in [7, 11) is 8.11. The molecule has 7 atom stereocenters. The number of fused-ring (bicyclic) bond motifs is 7. The first-order valence-corrected chi connectivity index (χ1v) is 16.9. The summed E-state index contributed by atoms with van der Waals surface area (Å²) in [5, 5.41) is 7.74. The molecule has 0 amide bonds. The number of likely N-dealkylation sites (tertiary alicyclic amines) is 2. The minimum Gasteiger partial charge on any atom is -0.497 e. The zero-order chi connectivity index (χ0) is 30.6. The van der Waals surface area contributed by atoms with Crippen LogP contribution in [-0.2, 0) is 22.7 Å². The van der Waals surface area contributed by atoms with Gasteiger partial charge in [-0.25, -0.2) is 0 Å². The van der Waals surface area contributed by atoms with Gasteiger partial charge in [-0.15, -0.1) is 0 Å². The largest absolute Gasteiger partial charge is 0.497 e. The van der Waals surface area contributed by atoms with Gasteiger partial charge in [0, 0.05) is 49.8 Å². The second kappa shape index (κ2) is 11.7. The first-order valence-electron chi connectivity index (χ1n) is 16.9. The molecular formula is C37H60N4O2. The van der Waals surface area contributed by atoms with Crippen molar-refractivity contribution in [3.63, 3.8) is 0 Å². The molecule has 6 nitrogen and oxygen atoms in total. The van der Waals surface area contributed by atoms with E-state index >= 15 is 0 Å². The van der Waals surface area contributed by atoms with Gasteiger partial charge in [0.2, 0.25) is 0 Å². The lowest BCUT2D eigenvalue weighted by Gasteiger charge is -2.57. The number of rotatable bonds is 8. The van der Waals surface area contributed by atoms with Crippen molar-refractivity contribution in [3.8, 4) is 11.5 Å². The second-order valence-electron chi connectivity index (χ2n) is 14.7. The van der Waals surface area contributed by atoms with Crippen LogP contribution in [0.3, 0.4) is 0 Å². The molecule has 2 N–H and O–H groups in total. The van der Waals surface area contributed by atoms with Crippen molar-refractivity contribution in [2.75, 3.05) is 54.5 Å². The van der Waals surface area contributed by atoms with Crippen LogP contribution in [0, 0.1) is 0 Å². The molecule has 2 unspecified atom stereocenters. The third-order valence-corrected chi connectivity index (χ3v) is 12.1. The predicted molar refractivity (Wildman–Crippen MR) is 181 cm³/mol. The third-order valence-electron chi connectivity index (χ3n) is 12.1. The number of hydrogen-bond acceptors (Lipinski definition) is 6. The maximum atomic E-state index is 5.50. The Bertz CT molecular complexity index is 1330. The maximum absolute atomic E-state index is 5.50. The van der Waals surface area contributed by atoms with Crippen LogP contribution in [-0.4, -0.2) is 88.5 Å². The Kier molecular flexibility index (Phi) is 8.38. The quantitative estimate of drug-likeness (QED) is 0.407. The molecule has 0 radical (unpaired) electrons. The lowest BCUT2D eigenvalue weighted by atomic mass is 9.64. The van der Waals surface area contributed by atoms with E-state index in [1.54, 1.807) is 19.8 Å². The molecule has 4 bridgehead atoms. The third kappa shape index (κ3) is 4.74. The van der Waals surface area contributed by atoms with Crippen LogP contribution in [0.5, 0.6) is 11.5 Å². The lowest BCUT2D eigenvalue weighted by Crippen LogP contribution is -2.70. The van der Waals surface area contributed by atoms with Crippen molar-refractivity contribution in [1.29, 1.82) is 0 Å². The predicted octanol–water partition coefficient (Wildman–Crippen LogP) is 5.75. The van der Waals surface area contributed by atoms with Gasteiger partial charge in [0.15, 0.2) is 0 Å². The first kappa shape index (κ1) is 30.9. The average molecular weight is 593 g/mol. The summed E-state index contributed by atoms with van der Waals surface area (Å²) in [5.74, 6) is 1.99. The highest BCUT2D eigenvalue weighted by molar-refractivity contribution is 5.58. The number of ether oxygens (including phenoxy) is 2. The summed E-state index contributed by atoms with van der Waals surface area (Å²) in [4.78, 5) is 5.12. The standard InChI is InChI=1S/C19H30N2O.C18H26N2O.2H2/c1-5-10-20-18-17-12-14-7-8-15(22-4)13-16(14)19(18,2)9-6-11-21(17)3;1-5-8-19-15-16-18(11-20(16)3)10-17(15,2)14-9-12(21-4)6-7-13(14)18;;/h7-8,13,17-18,20H,5-6,9-12H2,1-4H3;6-7,9,15-16,19H,5,8,10-11H2,1-4H3;2*1H/t17-,18-,19-;15-,16-,17?,18?;;/m10../s1. The molecule has 0 aromatic heterocycles. The van der Waals surface area contributed by atoms with Crippen LogP contribution in [0.15, 0.2) is 36.4 Å². The zero-order valence-corrected chi connectivity index (χ0v) is 28.1. The van der Waals surface area contributed by atoms with E-state index in [9.17, 15) is 0 Å². The van der Waals surface area contributed by atoms with Crippen molar-refractivity contribution in [1.82, 2.24) is 20.4 Å². The highest BCUT2D eigenvalue weighted by Crippen LogP contribution is 2.66. The Morgan fingerprint density at radius 2 is 1.49 bits per heavy atom. The van der Waals surface area contributed by atoms with Crippen molar-refractivity contribution >= 4 is 0 Å². The van der Waals surface area contributed by atoms with E-state index in [0.29, 0.717) is 29.6 Å². The topological polar surface area (TPSA) is 49.0 Å². The Morgan fingerprint density at radius 1 is 0.837 bits per heavy atom. The number of methoxy groups -OCH3 is 2. The highest BCUT2D eigenvalue weighted by atomic mass is 16.5. The average Bonchev–Trinajstić information content (AvgIpc) is 3.36. The first-order chi connectivity index (χ1) is 20.7. The summed E-state index contributed by atoms with van der Waals surface area (Å²) in [5.41, 5.74) is 6.96. The number of likely N-dealkylation sites (N-methyl/N-ethyl adjacent to an activating group) is 2. The van der Waals surface area contributed by atoms with E-state index in [2.05, 4.69) is 98.6 Å². The molecule has 3 aliphatic carbocycles. The van der Waals surface area contributed by atoms with E-state index in [0.717, 1.165) is 31.0 Å². The van der Waals surface area contributed by atoms with Crippen LogP contribution in [0.1, 0.15) is 84.9 Å². The van der Waals surface area contributed by atoms with Crippen LogP contribution in [0.2, 0.25) is 0 Å². The number of nitrogens with one attached hydrogen (secondary N) is 2. The fourth-order valence-corrected chi connectivity index (χ4v) is 10.1. The molecule has 2 aromatic rings. The van der Waals surface area contributed by atoms with Gasteiger partial charge >= 0.3 is 0 Å². The summed E-state index contributed by atoms with van der Waals surface area (Å²) < 4.78 is 11.0. The Balaban J connectivity index is 0.000000196. The summed E-state index contributed by atoms with van der Waals surface area (Å²) in [6.45, 7) is 14.0. The molecule has 2 aromatic carbocycles. The molecule has 3 fully saturated rings. The molecular weight excluding hydrogens is 532 g/mol. The van der Waals surface area contributed by atoms with Crippen LogP contribution in [0.4, 0.5) is 0 Å². The fraction of sp³-hybridized carbons (Fsp3) is 0.676. The zero-order valence-electron chi connectivity index (χ0n) is 28.1. The lowest BCUT2D eigenvalue weighted by molar-refractivity contribution is 0.0135. The minimum absolute atomic E-state index is 0. The van der Waals surface area contributed by atoms with E-state index in [4.69, 9.17) is 9.47 Å². The van der Waals surface area contributed by atoms with Gasteiger partial charge < -0.3 is 25.0 Å². The van der Waals surface area contributed by atoms with Crippen molar-refractivity contribution in [2.45, 2.75) is 107 Å². The molecule has 2 saturated heterocycles. The smallest absolute Gasteiger partial charge is 0.119 e. The number of benzene rings is 2. The molecule has 5 aliphatic rings. The van der Waals surface area contributed by atoms with E-state index < -0.39 is 0 Å². The van der Waals surface area contributed by atoms with Crippen molar-refractivity contribution in [2.24, 2.45) is 0 Å². The molecule has 43 heavy (non-hydrogen) atoms. The maximum Gasteiger partial charge on any atom is 0.119 e. The molecule has 1 saturated carbocycles. The molecule has 6 heteroatoms. The summed E-state index contributed by atoms with van der Waals surface area (Å²) in [6.07, 6.45) is 7.33. The van der Waals surface area contributed by atoms with Gasteiger partial charge in [-0.05, 0) is 119 Å². The highest BCUT2D eigenvalue weighted by Gasteiger charge is 2.72. The summed E-state index contributed by atoms with van der Waals surface area (Å²) in [6, 6.07) is 15.8. The van der Waals surface area contributed by atoms with Gasteiger partial charge in [-0.1, -0.05) is 39.8 Å². The van der Waals surface area contributed by atoms with Crippen molar-refractivity contribution in [3.05, 3.63) is 58.7 Å². The Morgan fingerprint density at radius 3 is 2.14 bits per heavy atom. The van der Waals surface area contributed by atoms with Gasteiger partial charge in [0.25, 0.3) is 0 Å². The molecule has 2 heterocycles. The molecule has 2 aliphatic heterocycles. The minimum atomic E-state index is 0. The molecule has 240 valence electrons. The van der Waals surface area contributed by atoms with Gasteiger partial charge in [-0.3, -0.25) is 4.90 Å². The normalized spacial score (nSPS) is 35.5. The van der Waals surface area contributed by atoms with E-state index in [-0.39, 0.29) is 13.7 Å². The van der Waals surface area contributed by atoms with Gasteiger partial charge in [-0.2, -0.15) is 0 Å². The van der Waals surface area contributed by atoms with E-state index in [1.807, 2.05) is 0 Å². The molecule has 7 rings (SSSR count). The number of hydrogen-bond donors (Lipinski definition) is 2. The van der Waals surface area contributed by atoms with Crippen molar-refractivity contribution < 1.29 is 12.3 Å². The second-order valence-corrected chi connectivity index (χ2v) is 14.7. The van der Waals surface area contributed by atoms with Crippen LogP contribution < -0.4 is 20.1 Å².